The molecule has 0 saturated heterocycles. The van der Waals surface area contributed by atoms with Gasteiger partial charge in [0, 0.05) is 23.1 Å². The Hall–Kier alpha value is -2.79. The van der Waals surface area contributed by atoms with E-state index in [4.69, 9.17) is 11.6 Å². The summed E-state index contributed by atoms with van der Waals surface area (Å²) in [6.07, 6.45) is 3.69. The van der Waals surface area contributed by atoms with E-state index in [0.717, 1.165) is 16.8 Å². The van der Waals surface area contributed by atoms with Gasteiger partial charge in [-0.2, -0.15) is 5.10 Å². The van der Waals surface area contributed by atoms with Crippen molar-refractivity contribution in [3.8, 4) is 0 Å². The molecule has 0 spiro atoms. The molecule has 3 rings (SSSR count). The molecule has 0 aliphatic heterocycles. The number of rotatable bonds is 7. The van der Waals surface area contributed by atoms with Gasteiger partial charge < -0.3 is 10.6 Å². The van der Waals surface area contributed by atoms with E-state index in [-0.39, 0.29) is 18.0 Å². The molecular weight excluding hydrogens is 360 g/mol. The predicted molar refractivity (Wildman–Crippen MR) is 109 cm³/mol. The number of carbonyl (C=O) groups excluding carboxylic acids is 1. The van der Waals surface area contributed by atoms with Crippen molar-refractivity contribution in [2.75, 3.05) is 5.32 Å². The van der Waals surface area contributed by atoms with Crippen LogP contribution in [0.15, 0.2) is 67.0 Å². The van der Waals surface area contributed by atoms with Crippen molar-refractivity contribution >= 4 is 23.2 Å². The Morgan fingerprint density at radius 2 is 1.93 bits per heavy atom. The van der Waals surface area contributed by atoms with Crippen LogP contribution in [0, 0.1) is 0 Å². The van der Waals surface area contributed by atoms with Crippen LogP contribution in [0.4, 0.5) is 5.69 Å². The minimum atomic E-state index is -0.361. The molecule has 0 fully saturated rings. The lowest BCUT2D eigenvalue weighted by Gasteiger charge is -2.20. The second kappa shape index (κ2) is 8.73. The van der Waals surface area contributed by atoms with Crippen LogP contribution in [0.5, 0.6) is 0 Å². The van der Waals surface area contributed by atoms with Crippen molar-refractivity contribution in [2.45, 2.75) is 32.5 Å². The summed E-state index contributed by atoms with van der Waals surface area (Å²) in [5.41, 5.74) is 3.04. The van der Waals surface area contributed by atoms with Gasteiger partial charge >= 0.3 is 0 Å². The van der Waals surface area contributed by atoms with Gasteiger partial charge in [-0.15, -0.1) is 0 Å². The largest absolute Gasteiger partial charge is 0.374 e. The SMILES string of the molecule is CC(Nc1cccc(Cn2cccn2)c1)C(=O)NC(C)c1ccc(Cl)cc1. The number of aromatic nitrogens is 2. The van der Waals surface area contributed by atoms with Crippen molar-refractivity contribution in [3.05, 3.63) is 83.1 Å². The van der Waals surface area contributed by atoms with E-state index < -0.39 is 0 Å². The molecule has 2 aromatic carbocycles. The van der Waals surface area contributed by atoms with E-state index in [1.807, 2.05) is 79.3 Å². The lowest BCUT2D eigenvalue weighted by atomic mass is 10.1. The number of carbonyl (C=O) groups is 1. The second-order valence-corrected chi connectivity index (χ2v) is 6.99. The first-order valence-electron chi connectivity index (χ1n) is 8.90. The highest BCUT2D eigenvalue weighted by atomic mass is 35.5. The van der Waals surface area contributed by atoms with Gasteiger partial charge in [0.15, 0.2) is 0 Å². The highest BCUT2D eigenvalue weighted by Gasteiger charge is 2.16. The van der Waals surface area contributed by atoms with Crippen LogP contribution < -0.4 is 10.6 Å². The quantitative estimate of drug-likeness (QED) is 0.641. The molecule has 1 amide bonds. The summed E-state index contributed by atoms with van der Waals surface area (Å²) in [5, 5.41) is 11.2. The summed E-state index contributed by atoms with van der Waals surface area (Å²) in [6.45, 7) is 4.50. The van der Waals surface area contributed by atoms with Crippen molar-refractivity contribution in [2.24, 2.45) is 0 Å². The fourth-order valence-corrected chi connectivity index (χ4v) is 2.96. The number of amides is 1. The minimum Gasteiger partial charge on any atom is -0.374 e. The van der Waals surface area contributed by atoms with Gasteiger partial charge in [0.05, 0.1) is 12.6 Å². The third kappa shape index (κ3) is 5.34. The first-order chi connectivity index (χ1) is 13.0. The lowest BCUT2D eigenvalue weighted by molar-refractivity contribution is -0.122. The van der Waals surface area contributed by atoms with Crippen molar-refractivity contribution in [1.29, 1.82) is 0 Å². The van der Waals surface area contributed by atoms with Crippen molar-refractivity contribution in [3.63, 3.8) is 0 Å². The number of benzene rings is 2. The van der Waals surface area contributed by atoms with Crippen LogP contribution >= 0.6 is 11.6 Å². The average molecular weight is 383 g/mol. The monoisotopic (exact) mass is 382 g/mol. The summed E-state index contributed by atoms with van der Waals surface area (Å²) in [7, 11) is 0. The molecule has 0 bridgehead atoms. The molecule has 2 atom stereocenters. The van der Waals surface area contributed by atoms with E-state index in [0.29, 0.717) is 11.6 Å². The molecule has 2 unspecified atom stereocenters. The normalized spacial score (nSPS) is 13.0. The topological polar surface area (TPSA) is 59.0 Å². The lowest BCUT2D eigenvalue weighted by Crippen LogP contribution is -2.38. The molecule has 0 saturated carbocycles. The van der Waals surface area contributed by atoms with Gasteiger partial charge in [-0.25, -0.2) is 0 Å². The zero-order valence-corrected chi connectivity index (χ0v) is 16.1. The van der Waals surface area contributed by atoms with Crippen molar-refractivity contribution in [1.82, 2.24) is 15.1 Å². The molecule has 0 aliphatic carbocycles. The molecular formula is C21H23ClN4O. The maximum atomic E-state index is 12.5. The Balaban J connectivity index is 1.58. The van der Waals surface area contributed by atoms with E-state index in [1.54, 1.807) is 6.20 Å². The van der Waals surface area contributed by atoms with Crippen LogP contribution in [-0.2, 0) is 11.3 Å². The Morgan fingerprint density at radius 3 is 2.63 bits per heavy atom. The van der Waals surface area contributed by atoms with Crippen LogP contribution in [0.1, 0.15) is 31.0 Å². The third-order valence-electron chi connectivity index (χ3n) is 4.34. The predicted octanol–water partition coefficient (Wildman–Crippen LogP) is 4.26. The van der Waals surface area contributed by atoms with Crippen molar-refractivity contribution < 1.29 is 4.79 Å². The van der Waals surface area contributed by atoms with E-state index in [9.17, 15) is 4.79 Å². The van der Waals surface area contributed by atoms with Crippen LogP contribution in [0.25, 0.3) is 0 Å². The number of anilines is 1. The zero-order chi connectivity index (χ0) is 19.2. The summed E-state index contributed by atoms with van der Waals surface area (Å²) >= 11 is 5.92. The minimum absolute atomic E-state index is 0.0603. The second-order valence-electron chi connectivity index (χ2n) is 6.55. The van der Waals surface area contributed by atoms with Crippen LogP contribution in [-0.4, -0.2) is 21.7 Å². The summed E-state index contributed by atoms with van der Waals surface area (Å²) in [4.78, 5) is 12.5. The molecule has 6 heteroatoms. The van der Waals surface area contributed by atoms with E-state index >= 15 is 0 Å². The Kier molecular flexibility index (Phi) is 6.14. The number of nitrogens with one attached hydrogen (secondary N) is 2. The highest BCUT2D eigenvalue weighted by molar-refractivity contribution is 6.30. The van der Waals surface area contributed by atoms with Gasteiger partial charge in [-0.05, 0) is 55.3 Å². The molecule has 5 nitrogen and oxygen atoms in total. The first-order valence-corrected chi connectivity index (χ1v) is 9.28. The van der Waals surface area contributed by atoms with E-state index in [2.05, 4.69) is 15.7 Å². The number of hydrogen-bond donors (Lipinski definition) is 2. The molecule has 3 aromatic rings. The van der Waals surface area contributed by atoms with Crippen LogP contribution in [0.2, 0.25) is 5.02 Å². The molecule has 140 valence electrons. The number of hydrogen-bond acceptors (Lipinski definition) is 3. The van der Waals surface area contributed by atoms with Gasteiger partial charge in [-0.3, -0.25) is 9.48 Å². The molecule has 1 heterocycles. The summed E-state index contributed by atoms with van der Waals surface area (Å²) < 4.78 is 1.86. The van der Waals surface area contributed by atoms with Crippen LogP contribution in [0.3, 0.4) is 0 Å². The standard InChI is InChI=1S/C21H23ClN4O/c1-15(18-7-9-19(22)10-8-18)25-21(27)16(2)24-20-6-3-5-17(13-20)14-26-12-4-11-23-26/h3-13,15-16,24H,14H2,1-2H3,(H,25,27). The first kappa shape index (κ1) is 19.0. The van der Waals surface area contributed by atoms with Gasteiger partial charge in [0.25, 0.3) is 0 Å². The Morgan fingerprint density at radius 1 is 1.15 bits per heavy atom. The Bertz CT molecular complexity index is 877. The van der Waals surface area contributed by atoms with Gasteiger partial charge in [0.1, 0.15) is 6.04 Å². The molecule has 0 radical (unpaired) electrons. The molecule has 2 N–H and O–H groups in total. The molecule has 27 heavy (non-hydrogen) atoms. The summed E-state index contributed by atoms with van der Waals surface area (Å²) in [6, 6.07) is 16.9. The zero-order valence-electron chi connectivity index (χ0n) is 15.4. The maximum absolute atomic E-state index is 12.5. The van der Waals surface area contributed by atoms with Gasteiger partial charge in [-0.1, -0.05) is 35.9 Å². The highest BCUT2D eigenvalue weighted by Crippen LogP contribution is 2.17. The average Bonchev–Trinajstić information content (AvgIpc) is 3.15. The third-order valence-corrected chi connectivity index (χ3v) is 4.59. The number of nitrogens with zero attached hydrogens (tertiary/aromatic N) is 2. The fourth-order valence-electron chi connectivity index (χ4n) is 2.83. The summed E-state index contributed by atoms with van der Waals surface area (Å²) in [5.74, 6) is -0.0603. The van der Waals surface area contributed by atoms with Gasteiger partial charge in [0.2, 0.25) is 5.91 Å². The fraction of sp³-hybridized carbons (Fsp3) is 0.238. The maximum Gasteiger partial charge on any atom is 0.242 e. The smallest absolute Gasteiger partial charge is 0.242 e. The molecule has 1 aromatic heterocycles. The number of halogens is 1. The Labute approximate surface area is 164 Å². The van der Waals surface area contributed by atoms with E-state index in [1.165, 1.54) is 0 Å². The molecule has 0 aliphatic rings.